The Hall–Kier alpha value is -1.18. The van der Waals surface area contributed by atoms with E-state index in [9.17, 15) is 0 Å². The average Bonchev–Trinajstić information content (AvgIpc) is 2.83. The van der Waals surface area contributed by atoms with Gasteiger partial charge in [-0.15, -0.1) is 0 Å². The number of benzene rings is 1. The average molecular weight is 204 g/mol. The van der Waals surface area contributed by atoms with E-state index in [1.165, 1.54) is 25.7 Å². The van der Waals surface area contributed by atoms with Crippen LogP contribution in [-0.4, -0.2) is 11.2 Å². The molecule has 1 N–H and O–H groups in total. The Balaban J connectivity index is 1.68. The molecule has 80 valence electrons. The summed E-state index contributed by atoms with van der Waals surface area (Å²) in [6.45, 7) is 0. The van der Waals surface area contributed by atoms with Crippen LogP contribution in [0.5, 0.6) is 11.5 Å². The minimum Gasteiger partial charge on any atom is -0.508 e. The van der Waals surface area contributed by atoms with Gasteiger partial charge < -0.3 is 9.84 Å². The number of fused-ring (bicyclic) bond motifs is 2. The number of hydrogen-bond donors (Lipinski definition) is 1. The van der Waals surface area contributed by atoms with Crippen molar-refractivity contribution in [2.24, 2.45) is 11.8 Å². The first-order valence-electron chi connectivity index (χ1n) is 5.77. The molecule has 0 spiro atoms. The Kier molecular flexibility index (Phi) is 2.08. The van der Waals surface area contributed by atoms with Gasteiger partial charge in [-0.3, -0.25) is 0 Å². The Bertz CT molecular complexity index is 344. The molecule has 2 bridgehead atoms. The van der Waals surface area contributed by atoms with Gasteiger partial charge in [0.1, 0.15) is 17.6 Å². The van der Waals surface area contributed by atoms with E-state index in [1.54, 1.807) is 12.1 Å². The molecular weight excluding hydrogens is 188 g/mol. The lowest BCUT2D eigenvalue weighted by molar-refractivity contribution is 0.138. The van der Waals surface area contributed by atoms with Crippen LogP contribution in [0.15, 0.2) is 24.3 Å². The minimum absolute atomic E-state index is 0.301. The van der Waals surface area contributed by atoms with Crippen molar-refractivity contribution >= 4 is 0 Å². The topological polar surface area (TPSA) is 29.5 Å². The molecule has 0 amide bonds. The Morgan fingerprint density at radius 2 is 1.87 bits per heavy atom. The van der Waals surface area contributed by atoms with Gasteiger partial charge in [-0.25, -0.2) is 0 Å². The first-order valence-corrected chi connectivity index (χ1v) is 5.77. The van der Waals surface area contributed by atoms with Crippen LogP contribution in [0.25, 0.3) is 0 Å². The van der Waals surface area contributed by atoms with Gasteiger partial charge in [0.25, 0.3) is 0 Å². The van der Waals surface area contributed by atoms with Gasteiger partial charge in [0, 0.05) is 0 Å². The van der Waals surface area contributed by atoms with E-state index in [0.29, 0.717) is 11.9 Å². The Morgan fingerprint density at radius 1 is 1.07 bits per heavy atom. The van der Waals surface area contributed by atoms with Crippen molar-refractivity contribution in [3.63, 3.8) is 0 Å². The van der Waals surface area contributed by atoms with Crippen molar-refractivity contribution < 1.29 is 9.84 Å². The molecule has 1 aromatic carbocycles. The van der Waals surface area contributed by atoms with Crippen molar-refractivity contribution in [3.05, 3.63) is 24.3 Å². The highest BCUT2D eigenvalue weighted by molar-refractivity contribution is 5.30. The second kappa shape index (κ2) is 3.44. The van der Waals surface area contributed by atoms with Crippen LogP contribution >= 0.6 is 0 Å². The summed E-state index contributed by atoms with van der Waals surface area (Å²) in [6.07, 6.45) is 5.76. The van der Waals surface area contributed by atoms with E-state index < -0.39 is 0 Å². The summed E-state index contributed by atoms with van der Waals surface area (Å²) < 4.78 is 5.95. The van der Waals surface area contributed by atoms with Gasteiger partial charge >= 0.3 is 0 Å². The summed E-state index contributed by atoms with van der Waals surface area (Å²) in [5.41, 5.74) is 0. The third-order valence-electron chi connectivity index (χ3n) is 3.80. The summed E-state index contributed by atoms with van der Waals surface area (Å²) in [7, 11) is 0. The lowest BCUT2D eigenvalue weighted by Crippen LogP contribution is -2.23. The van der Waals surface area contributed by atoms with E-state index >= 15 is 0 Å². The van der Waals surface area contributed by atoms with E-state index in [1.807, 2.05) is 12.1 Å². The monoisotopic (exact) mass is 204 g/mol. The lowest BCUT2D eigenvalue weighted by Gasteiger charge is -2.23. The largest absolute Gasteiger partial charge is 0.508 e. The third kappa shape index (κ3) is 1.69. The molecule has 0 aromatic heterocycles. The molecule has 0 aliphatic heterocycles. The summed E-state index contributed by atoms with van der Waals surface area (Å²) in [4.78, 5) is 0. The summed E-state index contributed by atoms with van der Waals surface area (Å²) >= 11 is 0. The standard InChI is InChI=1S/C13H16O2/c14-11-3-5-12(6-4-11)15-13-8-9-1-2-10(13)7-9/h3-6,9-10,13-14H,1-2,7-8H2. The van der Waals surface area contributed by atoms with Crippen LogP contribution in [0.4, 0.5) is 0 Å². The van der Waals surface area contributed by atoms with Crippen molar-refractivity contribution in [2.45, 2.75) is 31.8 Å². The van der Waals surface area contributed by atoms with Gasteiger partial charge in [0.2, 0.25) is 0 Å². The highest BCUT2D eigenvalue weighted by atomic mass is 16.5. The van der Waals surface area contributed by atoms with Crippen LogP contribution in [0.2, 0.25) is 0 Å². The zero-order chi connectivity index (χ0) is 10.3. The van der Waals surface area contributed by atoms with Crippen LogP contribution < -0.4 is 4.74 Å². The quantitative estimate of drug-likeness (QED) is 0.802. The number of phenols is 1. The predicted octanol–water partition coefficient (Wildman–Crippen LogP) is 2.96. The number of ether oxygens (including phenoxy) is 1. The van der Waals surface area contributed by atoms with Gasteiger partial charge in [0.15, 0.2) is 0 Å². The summed E-state index contributed by atoms with van der Waals surface area (Å²) in [6, 6.07) is 7.06. The van der Waals surface area contributed by atoms with E-state index in [-0.39, 0.29) is 0 Å². The van der Waals surface area contributed by atoms with E-state index in [2.05, 4.69) is 0 Å². The molecule has 0 saturated heterocycles. The molecule has 2 saturated carbocycles. The minimum atomic E-state index is 0.301. The first kappa shape index (κ1) is 9.08. The SMILES string of the molecule is Oc1ccc(OC2CC3CCC2C3)cc1. The van der Waals surface area contributed by atoms with Gasteiger partial charge in [-0.05, 0) is 61.8 Å². The molecule has 2 fully saturated rings. The van der Waals surface area contributed by atoms with Gasteiger partial charge in [-0.1, -0.05) is 0 Å². The molecule has 2 aliphatic carbocycles. The van der Waals surface area contributed by atoms with Crippen LogP contribution in [0.3, 0.4) is 0 Å². The Labute approximate surface area is 89.9 Å². The fourth-order valence-corrected chi connectivity index (χ4v) is 3.03. The van der Waals surface area contributed by atoms with Crippen molar-refractivity contribution in [2.75, 3.05) is 0 Å². The molecule has 2 nitrogen and oxygen atoms in total. The maximum absolute atomic E-state index is 9.17. The fraction of sp³-hybridized carbons (Fsp3) is 0.538. The number of aromatic hydroxyl groups is 1. The molecule has 15 heavy (non-hydrogen) atoms. The first-order chi connectivity index (χ1) is 7.31. The van der Waals surface area contributed by atoms with Gasteiger partial charge in [0.05, 0.1) is 0 Å². The third-order valence-corrected chi connectivity index (χ3v) is 3.80. The molecule has 1 aromatic rings. The molecule has 0 radical (unpaired) electrons. The zero-order valence-electron chi connectivity index (χ0n) is 8.73. The number of phenolic OH excluding ortho intramolecular Hbond substituents is 1. The zero-order valence-corrected chi connectivity index (χ0v) is 8.73. The maximum atomic E-state index is 9.17. The predicted molar refractivity (Wildman–Crippen MR) is 58.0 cm³/mol. The Morgan fingerprint density at radius 3 is 2.47 bits per heavy atom. The molecule has 3 rings (SSSR count). The van der Waals surface area contributed by atoms with Crippen LogP contribution in [0.1, 0.15) is 25.7 Å². The fourth-order valence-electron chi connectivity index (χ4n) is 3.03. The van der Waals surface area contributed by atoms with Gasteiger partial charge in [-0.2, -0.15) is 0 Å². The number of rotatable bonds is 2. The van der Waals surface area contributed by atoms with Crippen molar-refractivity contribution in [1.82, 2.24) is 0 Å². The second-order valence-electron chi connectivity index (χ2n) is 4.83. The lowest BCUT2D eigenvalue weighted by atomic mass is 9.98. The highest BCUT2D eigenvalue weighted by Gasteiger charge is 2.40. The summed E-state index contributed by atoms with van der Waals surface area (Å²) in [5, 5.41) is 9.17. The smallest absolute Gasteiger partial charge is 0.120 e. The van der Waals surface area contributed by atoms with E-state index in [4.69, 9.17) is 9.84 Å². The van der Waals surface area contributed by atoms with Crippen molar-refractivity contribution in [1.29, 1.82) is 0 Å². The summed E-state index contributed by atoms with van der Waals surface area (Å²) in [5.74, 6) is 2.89. The van der Waals surface area contributed by atoms with Crippen LogP contribution in [-0.2, 0) is 0 Å². The molecule has 3 atom stereocenters. The molecular formula is C13H16O2. The molecule has 0 heterocycles. The molecule has 2 heteroatoms. The van der Waals surface area contributed by atoms with Crippen molar-refractivity contribution in [3.8, 4) is 11.5 Å². The molecule has 2 aliphatic rings. The van der Waals surface area contributed by atoms with Crippen LogP contribution in [0, 0.1) is 11.8 Å². The number of hydrogen-bond acceptors (Lipinski definition) is 2. The maximum Gasteiger partial charge on any atom is 0.120 e. The normalized spacial score (nSPS) is 33.2. The highest BCUT2D eigenvalue weighted by Crippen LogP contribution is 2.45. The molecule has 3 unspecified atom stereocenters. The van der Waals surface area contributed by atoms with E-state index in [0.717, 1.165) is 17.6 Å². The second-order valence-corrected chi connectivity index (χ2v) is 4.83.